The van der Waals surface area contributed by atoms with Crippen LogP contribution in [-0.2, 0) is 0 Å². The lowest BCUT2D eigenvalue weighted by atomic mass is 10.1. The lowest BCUT2D eigenvalue weighted by Crippen LogP contribution is -2.21. The third kappa shape index (κ3) is 19.0. The van der Waals surface area contributed by atoms with Crippen molar-refractivity contribution in [2.75, 3.05) is 6.54 Å². The lowest BCUT2D eigenvalue weighted by Gasteiger charge is -2.01. The van der Waals surface area contributed by atoms with Gasteiger partial charge in [0.2, 0.25) is 0 Å². The molecule has 0 aromatic heterocycles. The zero-order valence-corrected chi connectivity index (χ0v) is 14.6. The van der Waals surface area contributed by atoms with E-state index in [1.807, 2.05) is 0 Å². The van der Waals surface area contributed by atoms with Gasteiger partial charge in [0.1, 0.15) is 0 Å². The van der Waals surface area contributed by atoms with E-state index in [1.54, 1.807) is 0 Å². The van der Waals surface area contributed by atoms with Crippen LogP contribution in [0.1, 0.15) is 96.8 Å². The van der Waals surface area contributed by atoms with Gasteiger partial charge in [-0.15, -0.1) is 0 Å². The number of carbonyl (C=O) groups is 1. The van der Waals surface area contributed by atoms with Crippen molar-refractivity contribution in [1.29, 1.82) is 0 Å². The summed E-state index contributed by atoms with van der Waals surface area (Å²) in [5, 5.41) is 10.8. The standard InChI is InChI=1S/C19H37NO2/c1-2-3-4-5-6-7-8-9-10-11-12-13-14-15-16-17-18-20-19(21)22/h9-10,20H,2-8,11-18H2,1H3,(H,21,22)/b10-9-. The third-order valence-electron chi connectivity index (χ3n) is 3.96. The van der Waals surface area contributed by atoms with Crippen LogP contribution in [0.25, 0.3) is 0 Å². The summed E-state index contributed by atoms with van der Waals surface area (Å²) in [5.74, 6) is 0. The number of rotatable bonds is 16. The monoisotopic (exact) mass is 311 g/mol. The Morgan fingerprint density at radius 2 is 1.23 bits per heavy atom. The van der Waals surface area contributed by atoms with Crippen molar-refractivity contribution >= 4 is 6.09 Å². The van der Waals surface area contributed by atoms with Gasteiger partial charge < -0.3 is 10.4 Å². The van der Waals surface area contributed by atoms with Gasteiger partial charge in [0, 0.05) is 6.54 Å². The van der Waals surface area contributed by atoms with Crippen LogP contribution in [0.15, 0.2) is 12.2 Å². The van der Waals surface area contributed by atoms with Crippen LogP contribution >= 0.6 is 0 Å². The average molecular weight is 312 g/mol. The molecule has 2 N–H and O–H groups in total. The van der Waals surface area contributed by atoms with Crippen LogP contribution in [0.3, 0.4) is 0 Å². The van der Waals surface area contributed by atoms with E-state index in [2.05, 4.69) is 24.4 Å². The van der Waals surface area contributed by atoms with E-state index in [0.717, 1.165) is 12.8 Å². The van der Waals surface area contributed by atoms with Crippen molar-refractivity contribution in [3.8, 4) is 0 Å². The summed E-state index contributed by atoms with van der Waals surface area (Å²) in [5.41, 5.74) is 0. The zero-order chi connectivity index (χ0) is 16.3. The Balaban J connectivity index is 3.06. The molecule has 0 spiro atoms. The fourth-order valence-electron chi connectivity index (χ4n) is 2.57. The summed E-state index contributed by atoms with van der Waals surface area (Å²) >= 11 is 0. The Hall–Kier alpha value is -0.990. The Morgan fingerprint density at radius 1 is 0.773 bits per heavy atom. The minimum atomic E-state index is -0.909. The molecular weight excluding hydrogens is 274 g/mol. The minimum Gasteiger partial charge on any atom is -0.465 e. The lowest BCUT2D eigenvalue weighted by molar-refractivity contribution is 0.194. The normalized spacial score (nSPS) is 11.1. The molecule has 22 heavy (non-hydrogen) atoms. The molecule has 0 aromatic rings. The topological polar surface area (TPSA) is 49.3 Å². The van der Waals surface area contributed by atoms with Gasteiger partial charge in [-0.05, 0) is 32.1 Å². The zero-order valence-electron chi connectivity index (χ0n) is 14.6. The predicted octanol–water partition coefficient (Wildman–Crippen LogP) is 6.29. The van der Waals surface area contributed by atoms with E-state index in [-0.39, 0.29) is 0 Å². The molecule has 0 aliphatic rings. The first-order valence-electron chi connectivity index (χ1n) is 9.39. The summed E-state index contributed by atoms with van der Waals surface area (Å²) < 4.78 is 0. The van der Waals surface area contributed by atoms with Crippen molar-refractivity contribution in [2.24, 2.45) is 0 Å². The minimum absolute atomic E-state index is 0.594. The molecule has 1 amide bonds. The van der Waals surface area contributed by atoms with Crippen molar-refractivity contribution in [2.45, 2.75) is 96.8 Å². The highest BCUT2D eigenvalue weighted by atomic mass is 16.4. The number of allylic oxidation sites excluding steroid dienone is 2. The number of amides is 1. The van der Waals surface area contributed by atoms with Crippen LogP contribution in [0.4, 0.5) is 4.79 Å². The summed E-state index contributed by atoms with van der Waals surface area (Å²) in [4.78, 5) is 10.2. The molecule has 130 valence electrons. The van der Waals surface area contributed by atoms with Gasteiger partial charge in [0.25, 0.3) is 0 Å². The number of hydrogen-bond donors (Lipinski definition) is 2. The Kier molecular flexibility index (Phi) is 17.2. The van der Waals surface area contributed by atoms with Crippen LogP contribution in [0, 0.1) is 0 Å². The van der Waals surface area contributed by atoms with Gasteiger partial charge in [-0.3, -0.25) is 0 Å². The Labute approximate surface area is 137 Å². The molecule has 0 unspecified atom stereocenters. The molecular formula is C19H37NO2. The first-order valence-corrected chi connectivity index (χ1v) is 9.39. The van der Waals surface area contributed by atoms with Crippen LogP contribution < -0.4 is 5.32 Å². The van der Waals surface area contributed by atoms with Crippen molar-refractivity contribution in [1.82, 2.24) is 5.32 Å². The van der Waals surface area contributed by atoms with E-state index < -0.39 is 6.09 Å². The first-order chi connectivity index (χ1) is 10.8. The van der Waals surface area contributed by atoms with E-state index in [1.165, 1.54) is 77.0 Å². The number of carboxylic acid groups (broad SMARTS) is 1. The Morgan fingerprint density at radius 3 is 1.73 bits per heavy atom. The smallest absolute Gasteiger partial charge is 0.404 e. The molecule has 0 saturated carbocycles. The molecule has 0 atom stereocenters. The highest BCUT2D eigenvalue weighted by molar-refractivity contribution is 5.64. The van der Waals surface area contributed by atoms with E-state index in [4.69, 9.17) is 5.11 Å². The highest BCUT2D eigenvalue weighted by Crippen LogP contribution is 2.09. The molecule has 0 rings (SSSR count). The van der Waals surface area contributed by atoms with E-state index in [0.29, 0.717) is 6.54 Å². The molecule has 0 heterocycles. The largest absolute Gasteiger partial charge is 0.465 e. The molecule has 3 nitrogen and oxygen atoms in total. The maximum atomic E-state index is 10.2. The summed E-state index contributed by atoms with van der Waals surface area (Å²) in [6, 6.07) is 0. The van der Waals surface area contributed by atoms with Crippen molar-refractivity contribution in [3.05, 3.63) is 12.2 Å². The van der Waals surface area contributed by atoms with Crippen molar-refractivity contribution in [3.63, 3.8) is 0 Å². The van der Waals surface area contributed by atoms with E-state index >= 15 is 0 Å². The second-order valence-electron chi connectivity index (χ2n) is 6.17. The average Bonchev–Trinajstić information content (AvgIpc) is 2.50. The van der Waals surface area contributed by atoms with Gasteiger partial charge in [0.15, 0.2) is 0 Å². The van der Waals surface area contributed by atoms with Crippen LogP contribution in [0.2, 0.25) is 0 Å². The molecule has 0 radical (unpaired) electrons. The number of unbranched alkanes of at least 4 members (excludes halogenated alkanes) is 12. The van der Waals surface area contributed by atoms with Gasteiger partial charge in [-0.1, -0.05) is 76.9 Å². The number of hydrogen-bond acceptors (Lipinski definition) is 1. The molecule has 0 bridgehead atoms. The van der Waals surface area contributed by atoms with Crippen LogP contribution in [-0.4, -0.2) is 17.7 Å². The van der Waals surface area contributed by atoms with Crippen LogP contribution in [0.5, 0.6) is 0 Å². The highest BCUT2D eigenvalue weighted by Gasteiger charge is 1.94. The molecule has 0 fully saturated rings. The van der Waals surface area contributed by atoms with Gasteiger partial charge in [-0.2, -0.15) is 0 Å². The van der Waals surface area contributed by atoms with Gasteiger partial charge in [-0.25, -0.2) is 4.79 Å². The molecule has 0 aliphatic heterocycles. The first kappa shape index (κ1) is 21.0. The molecule has 0 aromatic carbocycles. The maximum Gasteiger partial charge on any atom is 0.404 e. The van der Waals surface area contributed by atoms with E-state index in [9.17, 15) is 4.79 Å². The Bertz CT molecular complexity index is 264. The molecule has 0 saturated heterocycles. The third-order valence-corrected chi connectivity index (χ3v) is 3.96. The van der Waals surface area contributed by atoms with Crippen molar-refractivity contribution < 1.29 is 9.90 Å². The number of nitrogens with one attached hydrogen (secondary N) is 1. The molecule has 0 aliphatic carbocycles. The summed E-state index contributed by atoms with van der Waals surface area (Å²) in [7, 11) is 0. The fourth-order valence-corrected chi connectivity index (χ4v) is 2.57. The second-order valence-corrected chi connectivity index (χ2v) is 6.17. The molecule has 3 heteroatoms. The summed E-state index contributed by atoms with van der Waals surface area (Å²) in [6.45, 7) is 2.86. The maximum absolute atomic E-state index is 10.2. The predicted molar refractivity (Wildman–Crippen MR) is 95.5 cm³/mol. The second kappa shape index (κ2) is 18.1. The van der Waals surface area contributed by atoms with Gasteiger partial charge >= 0.3 is 6.09 Å². The summed E-state index contributed by atoms with van der Waals surface area (Å²) in [6.07, 6.45) is 21.7. The fraction of sp³-hybridized carbons (Fsp3) is 0.842. The quantitative estimate of drug-likeness (QED) is 0.260. The SMILES string of the molecule is CCCCCCCC/C=C\CCCCCCCCNC(=O)O. The van der Waals surface area contributed by atoms with Gasteiger partial charge in [0.05, 0.1) is 0 Å².